The summed E-state index contributed by atoms with van der Waals surface area (Å²) in [5.74, 6) is 0.881. The summed E-state index contributed by atoms with van der Waals surface area (Å²) in [5, 5.41) is 3.66. The van der Waals surface area contributed by atoms with Crippen molar-refractivity contribution in [1.82, 2.24) is 0 Å². The van der Waals surface area contributed by atoms with Crippen LogP contribution in [0, 0.1) is 19.8 Å². The number of rotatable bonds is 3. The molecule has 2 rings (SSSR count). The Hall–Kier alpha value is -0.500. The van der Waals surface area contributed by atoms with Gasteiger partial charge in [0.1, 0.15) is 0 Å². The monoisotopic (exact) mass is 295 g/mol. The Bertz CT molecular complexity index is 358. The highest BCUT2D eigenvalue weighted by molar-refractivity contribution is 9.10. The molecule has 0 aromatic heterocycles. The van der Waals surface area contributed by atoms with Gasteiger partial charge in [0, 0.05) is 16.7 Å². The molecule has 1 fully saturated rings. The third-order valence-electron chi connectivity index (χ3n) is 3.79. The molecule has 1 saturated carbocycles. The van der Waals surface area contributed by atoms with E-state index in [1.807, 2.05) is 0 Å². The zero-order chi connectivity index (χ0) is 12.3. The molecule has 17 heavy (non-hydrogen) atoms. The van der Waals surface area contributed by atoms with Crippen LogP contribution in [0.1, 0.15) is 43.2 Å². The summed E-state index contributed by atoms with van der Waals surface area (Å²) >= 11 is 3.55. The average molecular weight is 296 g/mol. The molecule has 0 radical (unpaired) electrons. The lowest BCUT2D eigenvalue weighted by Gasteiger charge is -2.23. The fraction of sp³-hybridized carbons (Fsp3) is 0.600. The summed E-state index contributed by atoms with van der Waals surface area (Å²) in [6, 6.07) is 4.38. The van der Waals surface area contributed by atoms with Gasteiger partial charge < -0.3 is 5.32 Å². The van der Waals surface area contributed by atoms with Crippen molar-refractivity contribution < 1.29 is 0 Å². The van der Waals surface area contributed by atoms with E-state index in [2.05, 4.69) is 47.2 Å². The van der Waals surface area contributed by atoms with E-state index in [4.69, 9.17) is 0 Å². The lowest BCUT2D eigenvalue weighted by molar-refractivity contribution is 0.373. The molecular weight excluding hydrogens is 274 g/mol. The quantitative estimate of drug-likeness (QED) is 0.822. The summed E-state index contributed by atoms with van der Waals surface area (Å²) in [4.78, 5) is 0. The number of aryl methyl sites for hydroxylation is 2. The van der Waals surface area contributed by atoms with Crippen molar-refractivity contribution in [2.24, 2.45) is 5.92 Å². The molecule has 2 heteroatoms. The zero-order valence-electron chi connectivity index (χ0n) is 10.9. The van der Waals surface area contributed by atoms with Gasteiger partial charge in [-0.2, -0.15) is 0 Å². The predicted molar refractivity (Wildman–Crippen MR) is 78.7 cm³/mol. The van der Waals surface area contributed by atoms with Crippen LogP contribution in [0.15, 0.2) is 16.6 Å². The number of halogens is 1. The number of hydrogen-bond acceptors (Lipinski definition) is 1. The molecule has 1 aromatic carbocycles. The molecule has 0 bridgehead atoms. The van der Waals surface area contributed by atoms with Gasteiger partial charge in [0.25, 0.3) is 0 Å². The second-order valence-electron chi connectivity index (χ2n) is 5.30. The molecule has 1 aromatic rings. The largest absolute Gasteiger partial charge is 0.384 e. The predicted octanol–water partition coefficient (Wildman–Crippen LogP) is 5.06. The first-order valence-electron chi connectivity index (χ1n) is 6.67. The van der Waals surface area contributed by atoms with Crippen molar-refractivity contribution >= 4 is 21.6 Å². The highest BCUT2D eigenvalue weighted by Gasteiger charge is 2.13. The third-order valence-corrected chi connectivity index (χ3v) is 4.25. The highest BCUT2D eigenvalue weighted by atomic mass is 79.9. The van der Waals surface area contributed by atoms with Gasteiger partial charge in [-0.3, -0.25) is 0 Å². The van der Waals surface area contributed by atoms with Gasteiger partial charge in [-0.25, -0.2) is 0 Å². The van der Waals surface area contributed by atoms with E-state index in [0.29, 0.717) is 0 Å². The Balaban J connectivity index is 1.98. The van der Waals surface area contributed by atoms with Crippen LogP contribution in [0.3, 0.4) is 0 Å². The van der Waals surface area contributed by atoms with Crippen LogP contribution < -0.4 is 5.32 Å². The molecule has 1 nitrogen and oxygen atoms in total. The Labute approximate surface area is 113 Å². The second kappa shape index (κ2) is 5.90. The van der Waals surface area contributed by atoms with E-state index in [1.165, 1.54) is 53.4 Å². The van der Waals surface area contributed by atoms with Crippen LogP contribution in [0.4, 0.5) is 5.69 Å². The van der Waals surface area contributed by atoms with Crippen LogP contribution in [-0.2, 0) is 0 Å². The molecule has 1 aliphatic carbocycles. The number of anilines is 1. The van der Waals surface area contributed by atoms with Crippen LogP contribution in [0.5, 0.6) is 0 Å². The molecule has 0 spiro atoms. The Morgan fingerprint density at radius 3 is 2.29 bits per heavy atom. The van der Waals surface area contributed by atoms with E-state index in [0.717, 1.165) is 12.5 Å². The first-order chi connectivity index (χ1) is 8.16. The number of benzene rings is 1. The molecule has 0 aliphatic heterocycles. The second-order valence-corrected chi connectivity index (χ2v) is 6.22. The van der Waals surface area contributed by atoms with Gasteiger partial charge in [0.2, 0.25) is 0 Å². The van der Waals surface area contributed by atoms with Gasteiger partial charge >= 0.3 is 0 Å². The van der Waals surface area contributed by atoms with Crippen LogP contribution >= 0.6 is 15.9 Å². The fourth-order valence-electron chi connectivity index (χ4n) is 2.83. The van der Waals surface area contributed by atoms with Crippen molar-refractivity contribution in [1.29, 1.82) is 0 Å². The van der Waals surface area contributed by atoms with Crippen molar-refractivity contribution in [3.63, 3.8) is 0 Å². The van der Waals surface area contributed by atoms with E-state index in [9.17, 15) is 0 Å². The smallest absolute Gasteiger partial charge is 0.0400 e. The maximum Gasteiger partial charge on any atom is 0.0400 e. The van der Waals surface area contributed by atoms with E-state index < -0.39 is 0 Å². The summed E-state index contributed by atoms with van der Waals surface area (Å²) in [6.07, 6.45) is 7.09. The molecule has 94 valence electrons. The normalized spacial score (nSPS) is 17.1. The lowest BCUT2D eigenvalue weighted by atomic mass is 9.89. The van der Waals surface area contributed by atoms with Gasteiger partial charge in [0.05, 0.1) is 0 Å². The molecule has 0 amide bonds. The van der Waals surface area contributed by atoms with Gasteiger partial charge in [0.15, 0.2) is 0 Å². The highest BCUT2D eigenvalue weighted by Crippen LogP contribution is 2.28. The Kier molecular flexibility index (Phi) is 4.49. The molecule has 0 saturated heterocycles. The zero-order valence-corrected chi connectivity index (χ0v) is 12.4. The van der Waals surface area contributed by atoms with E-state index >= 15 is 0 Å². The minimum absolute atomic E-state index is 0.881. The first-order valence-corrected chi connectivity index (χ1v) is 7.46. The minimum atomic E-state index is 0.881. The summed E-state index contributed by atoms with van der Waals surface area (Å²) in [7, 11) is 0. The molecule has 0 heterocycles. The van der Waals surface area contributed by atoms with Crippen molar-refractivity contribution in [3.8, 4) is 0 Å². The Morgan fingerprint density at radius 1 is 1.12 bits per heavy atom. The summed E-state index contributed by atoms with van der Waals surface area (Å²) in [5.41, 5.74) is 4.01. The average Bonchev–Trinajstić information content (AvgIpc) is 2.29. The summed E-state index contributed by atoms with van der Waals surface area (Å²) < 4.78 is 1.18. The Morgan fingerprint density at radius 2 is 1.71 bits per heavy atom. The van der Waals surface area contributed by atoms with Crippen molar-refractivity contribution in [2.45, 2.75) is 46.0 Å². The van der Waals surface area contributed by atoms with Gasteiger partial charge in [-0.1, -0.05) is 35.2 Å². The molecule has 0 unspecified atom stereocenters. The van der Waals surface area contributed by atoms with E-state index in [-0.39, 0.29) is 0 Å². The third kappa shape index (κ3) is 3.48. The lowest BCUT2D eigenvalue weighted by Crippen LogP contribution is -2.18. The molecule has 1 N–H and O–H groups in total. The number of hydrogen-bond donors (Lipinski definition) is 1. The van der Waals surface area contributed by atoms with Gasteiger partial charge in [-0.15, -0.1) is 0 Å². The van der Waals surface area contributed by atoms with Crippen molar-refractivity contribution in [3.05, 3.63) is 27.7 Å². The van der Waals surface area contributed by atoms with Crippen LogP contribution in [-0.4, -0.2) is 6.54 Å². The topological polar surface area (TPSA) is 12.0 Å². The maximum atomic E-state index is 3.66. The maximum absolute atomic E-state index is 3.66. The van der Waals surface area contributed by atoms with Gasteiger partial charge in [-0.05, 0) is 55.9 Å². The standard InChI is InChI=1S/C15H22BrN/c1-11-8-14(16)9-12(2)15(11)17-10-13-6-4-3-5-7-13/h8-9,13,17H,3-7,10H2,1-2H3. The molecular formula is C15H22BrN. The molecule has 0 atom stereocenters. The summed E-state index contributed by atoms with van der Waals surface area (Å²) in [6.45, 7) is 5.51. The van der Waals surface area contributed by atoms with E-state index in [1.54, 1.807) is 0 Å². The van der Waals surface area contributed by atoms with Crippen molar-refractivity contribution in [2.75, 3.05) is 11.9 Å². The fourth-order valence-corrected chi connectivity index (χ4v) is 3.51. The number of nitrogens with one attached hydrogen (secondary N) is 1. The molecule has 1 aliphatic rings. The minimum Gasteiger partial charge on any atom is -0.384 e. The first kappa shape index (κ1) is 12.9. The SMILES string of the molecule is Cc1cc(Br)cc(C)c1NCC1CCCCC1. The van der Waals surface area contributed by atoms with Crippen LogP contribution in [0.2, 0.25) is 0 Å². The van der Waals surface area contributed by atoms with Crippen LogP contribution in [0.25, 0.3) is 0 Å².